The largest absolute Gasteiger partial charge is 0.479 e. The van der Waals surface area contributed by atoms with E-state index in [0.29, 0.717) is 29.8 Å². The van der Waals surface area contributed by atoms with Gasteiger partial charge in [-0.15, -0.1) is 0 Å². The molecule has 1 amide bonds. The average Bonchev–Trinajstić information content (AvgIpc) is 3.00. The smallest absolute Gasteiger partial charge is 0.331 e. The number of carbonyl (C=O) groups excluding carboxylic acids is 1. The van der Waals surface area contributed by atoms with E-state index in [1.165, 1.54) is 0 Å². The fourth-order valence-corrected chi connectivity index (χ4v) is 3.99. The molecule has 0 bridgehead atoms. The van der Waals surface area contributed by atoms with Crippen molar-refractivity contribution in [1.82, 2.24) is 15.5 Å². The molecular formula is C21H28N4O3. The van der Waals surface area contributed by atoms with Gasteiger partial charge in [0.2, 0.25) is 5.91 Å². The van der Waals surface area contributed by atoms with Gasteiger partial charge in [0.1, 0.15) is 5.54 Å². The summed E-state index contributed by atoms with van der Waals surface area (Å²) in [4.78, 5) is 25.3. The number of carboxylic acids is 1. The van der Waals surface area contributed by atoms with Crippen LogP contribution in [0.2, 0.25) is 0 Å². The van der Waals surface area contributed by atoms with Gasteiger partial charge in [-0.1, -0.05) is 37.0 Å². The molecule has 1 atom stereocenters. The minimum atomic E-state index is -1.13. The zero-order valence-electron chi connectivity index (χ0n) is 16.6. The molecule has 0 spiro atoms. The number of aliphatic carboxylic acids is 1. The van der Waals surface area contributed by atoms with E-state index in [9.17, 15) is 14.7 Å². The van der Waals surface area contributed by atoms with Gasteiger partial charge >= 0.3 is 5.97 Å². The summed E-state index contributed by atoms with van der Waals surface area (Å²) in [6.45, 7) is 5.51. The number of anilines is 1. The highest BCUT2D eigenvalue weighted by molar-refractivity contribution is 5.93. The number of aromatic amines is 1. The number of benzene rings is 1. The maximum Gasteiger partial charge on any atom is 0.331 e. The normalized spacial score (nSPS) is 17.0. The molecule has 0 radical (unpaired) electrons. The van der Waals surface area contributed by atoms with E-state index in [4.69, 9.17) is 0 Å². The molecule has 4 N–H and O–H groups in total. The highest BCUT2D eigenvalue weighted by Gasteiger charge is 2.42. The minimum absolute atomic E-state index is 0.278. The number of hydrogen-bond donors (Lipinski definition) is 4. The van der Waals surface area contributed by atoms with Crippen molar-refractivity contribution in [3.8, 4) is 0 Å². The Hall–Kier alpha value is -2.83. The van der Waals surface area contributed by atoms with Gasteiger partial charge in [-0.3, -0.25) is 9.89 Å². The summed E-state index contributed by atoms with van der Waals surface area (Å²) in [6.07, 6.45) is 4.26. The number of amides is 1. The number of nitrogens with zero attached hydrogens (tertiary/aromatic N) is 1. The zero-order chi connectivity index (χ0) is 20.3. The van der Waals surface area contributed by atoms with Crippen LogP contribution in [0.5, 0.6) is 0 Å². The number of carboxylic acid groups (broad SMARTS) is 1. The first-order valence-electron chi connectivity index (χ1n) is 9.72. The predicted octanol–water partition coefficient (Wildman–Crippen LogP) is 3.39. The first-order chi connectivity index (χ1) is 13.3. The lowest BCUT2D eigenvalue weighted by molar-refractivity contribution is -0.143. The van der Waals surface area contributed by atoms with Crippen molar-refractivity contribution in [3.05, 3.63) is 46.8 Å². The second-order valence-corrected chi connectivity index (χ2v) is 7.73. The molecule has 28 heavy (non-hydrogen) atoms. The standard InChI is InChI=1S/C21H28N4O3/c1-13-7-9-16(10-8-13)23-21(11-5-4-6-12-21)20(28)22-18(19(26)27)17-14(2)24-25-15(17)3/h7-10,18,23H,4-6,11-12H2,1-3H3,(H,22,28)(H,24,25)(H,26,27). The van der Waals surface area contributed by atoms with Crippen molar-refractivity contribution in [1.29, 1.82) is 0 Å². The van der Waals surface area contributed by atoms with Crippen molar-refractivity contribution >= 4 is 17.6 Å². The zero-order valence-corrected chi connectivity index (χ0v) is 16.6. The molecule has 150 valence electrons. The van der Waals surface area contributed by atoms with Crippen LogP contribution in [0.25, 0.3) is 0 Å². The van der Waals surface area contributed by atoms with Gasteiger partial charge < -0.3 is 15.7 Å². The molecule has 0 saturated heterocycles. The highest BCUT2D eigenvalue weighted by Crippen LogP contribution is 2.33. The second kappa shape index (κ2) is 8.04. The van der Waals surface area contributed by atoms with Crippen LogP contribution in [-0.2, 0) is 9.59 Å². The highest BCUT2D eigenvalue weighted by atomic mass is 16.4. The lowest BCUT2D eigenvalue weighted by Crippen LogP contribution is -2.55. The first-order valence-corrected chi connectivity index (χ1v) is 9.72. The third-order valence-electron chi connectivity index (χ3n) is 5.57. The van der Waals surface area contributed by atoms with Crippen LogP contribution in [0, 0.1) is 20.8 Å². The maximum absolute atomic E-state index is 13.4. The van der Waals surface area contributed by atoms with Crippen LogP contribution < -0.4 is 10.6 Å². The van der Waals surface area contributed by atoms with Gasteiger partial charge in [0.05, 0.1) is 5.69 Å². The maximum atomic E-state index is 13.4. The van der Waals surface area contributed by atoms with Gasteiger partial charge in [0.25, 0.3) is 0 Å². The van der Waals surface area contributed by atoms with E-state index in [2.05, 4.69) is 20.8 Å². The Labute approximate surface area is 164 Å². The van der Waals surface area contributed by atoms with Crippen LogP contribution in [0.1, 0.15) is 60.7 Å². The van der Waals surface area contributed by atoms with Crippen LogP contribution in [0.3, 0.4) is 0 Å². The molecular weight excluding hydrogens is 356 g/mol. The number of H-pyrrole nitrogens is 1. The third-order valence-corrected chi connectivity index (χ3v) is 5.57. The van der Waals surface area contributed by atoms with Crippen LogP contribution in [-0.4, -0.2) is 32.7 Å². The molecule has 1 fully saturated rings. The van der Waals surface area contributed by atoms with Crippen LogP contribution in [0.4, 0.5) is 5.69 Å². The number of rotatable bonds is 6. The summed E-state index contributed by atoms with van der Waals surface area (Å²) in [7, 11) is 0. The Bertz CT molecular complexity index is 832. The van der Waals surface area contributed by atoms with Crippen LogP contribution >= 0.6 is 0 Å². The van der Waals surface area contributed by atoms with Crippen molar-refractivity contribution in [2.75, 3.05) is 5.32 Å². The SMILES string of the molecule is Cc1ccc(NC2(C(=O)NC(C(=O)O)c3c(C)n[nH]c3C)CCCCC2)cc1. The number of carbonyl (C=O) groups is 2. The quantitative estimate of drug-likeness (QED) is 0.611. The van der Waals surface area contributed by atoms with E-state index >= 15 is 0 Å². The van der Waals surface area contributed by atoms with E-state index in [0.717, 1.165) is 30.5 Å². The predicted molar refractivity (Wildman–Crippen MR) is 107 cm³/mol. The molecule has 2 aromatic rings. The molecule has 1 aromatic carbocycles. The summed E-state index contributed by atoms with van der Waals surface area (Å²) in [5, 5.41) is 22.8. The Kier molecular flexibility index (Phi) is 5.72. The summed E-state index contributed by atoms with van der Waals surface area (Å²) in [5.41, 5.74) is 2.94. The van der Waals surface area contributed by atoms with Gasteiger partial charge in [0.15, 0.2) is 6.04 Å². The molecule has 3 rings (SSSR count). The van der Waals surface area contributed by atoms with E-state index < -0.39 is 17.6 Å². The van der Waals surface area contributed by atoms with Gasteiger partial charge in [-0.05, 0) is 45.7 Å². The fourth-order valence-electron chi connectivity index (χ4n) is 3.99. The van der Waals surface area contributed by atoms with E-state index in [-0.39, 0.29) is 5.91 Å². The summed E-state index contributed by atoms with van der Waals surface area (Å²) < 4.78 is 0. The van der Waals surface area contributed by atoms with Crippen LogP contribution in [0.15, 0.2) is 24.3 Å². The topological polar surface area (TPSA) is 107 Å². The Morgan fingerprint density at radius 2 is 1.75 bits per heavy atom. The third kappa shape index (κ3) is 4.03. The molecule has 1 saturated carbocycles. The van der Waals surface area contributed by atoms with Crippen molar-refractivity contribution < 1.29 is 14.7 Å². The molecule has 1 aliphatic carbocycles. The fraction of sp³-hybridized carbons (Fsp3) is 0.476. The first kappa shape index (κ1) is 19.9. The summed E-state index contributed by atoms with van der Waals surface area (Å²) in [5.74, 6) is -1.37. The molecule has 1 unspecified atom stereocenters. The average molecular weight is 384 g/mol. The lowest BCUT2D eigenvalue weighted by atomic mass is 9.80. The lowest BCUT2D eigenvalue weighted by Gasteiger charge is -2.38. The monoisotopic (exact) mass is 384 g/mol. The molecule has 1 aromatic heterocycles. The molecule has 1 heterocycles. The number of aryl methyl sites for hydroxylation is 3. The Balaban J connectivity index is 1.88. The Morgan fingerprint density at radius 1 is 1.11 bits per heavy atom. The number of nitrogens with one attached hydrogen (secondary N) is 3. The Morgan fingerprint density at radius 3 is 2.29 bits per heavy atom. The van der Waals surface area contributed by atoms with Crippen molar-refractivity contribution in [3.63, 3.8) is 0 Å². The minimum Gasteiger partial charge on any atom is -0.479 e. The second-order valence-electron chi connectivity index (χ2n) is 7.73. The van der Waals surface area contributed by atoms with E-state index in [1.54, 1.807) is 13.8 Å². The van der Waals surface area contributed by atoms with Gasteiger partial charge in [0, 0.05) is 16.9 Å². The molecule has 7 heteroatoms. The van der Waals surface area contributed by atoms with E-state index in [1.807, 2.05) is 31.2 Å². The molecule has 1 aliphatic rings. The van der Waals surface area contributed by atoms with Gasteiger partial charge in [-0.2, -0.15) is 5.10 Å². The van der Waals surface area contributed by atoms with Gasteiger partial charge in [-0.25, -0.2) is 4.79 Å². The number of hydrogen-bond acceptors (Lipinski definition) is 4. The molecule has 0 aliphatic heterocycles. The van der Waals surface area contributed by atoms with Crippen molar-refractivity contribution in [2.24, 2.45) is 0 Å². The summed E-state index contributed by atoms with van der Waals surface area (Å²) >= 11 is 0. The van der Waals surface area contributed by atoms with Crippen molar-refractivity contribution in [2.45, 2.75) is 64.5 Å². The number of aromatic nitrogens is 2. The molecule has 7 nitrogen and oxygen atoms in total. The summed E-state index contributed by atoms with van der Waals surface area (Å²) in [6, 6.07) is 6.77.